The van der Waals surface area contributed by atoms with Crippen LogP contribution in [0.5, 0.6) is 0 Å². The van der Waals surface area contributed by atoms with Gasteiger partial charge in [0.05, 0.1) is 12.2 Å². The SMILES string of the molecule is CC(C)CC1OC(C)C2CCC(Cl)C12. The molecular weight excluding hydrogens is 196 g/mol. The van der Waals surface area contributed by atoms with Gasteiger partial charge in [0.25, 0.3) is 0 Å². The number of fused-ring (bicyclic) bond motifs is 1. The van der Waals surface area contributed by atoms with Gasteiger partial charge in [0.15, 0.2) is 0 Å². The monoisotopic (exact) mass is 216 g/mol. The van der Waals surface area contributed by atoms with Gasteiger partial charge >= 0.3 is 0 Å². The van der Waals surface area contributed by atoms with E-state index in [1.807, 2.05) is 0 Å². The summed E-state index contributed by atoms with van der Waals surface area (Å²) >= 11 is 6.38. The molecule has 1 aliphatic carbocycles. The van der Waals surface area contributed by atoms with E-state index < -0.39 is 0 Å². The van der Waals surface area contributed by atoms with Gasteiger partial charge in [-0.05, 0) is 38.0 Å². The lowest BCUT2D eigenvalue weighted by molar-refractivity contribution is 0.0228. The van der Waals surface area contributed by atoms with E-state index >= 15 is 0 Å². The Labute approximate surface area is 92.2 Å². The molecule has 14 heavy (non-hydrogen) atoms. The lowest BCUT2D eigenvalue weighted by Gasteiger charge is -2.21. The van der Waals surface area contributed by atoms with E-state index in [1.54, 1.807) is 0 Å². The van der Waals surface area contributed by atoms with Crippen molar-refractivity contribution < 1.29 is 4.74 Å². The van der Waals surface area contributed by atoms with Crippen molar-refractivity contribution in [1.29, 1.82) is 0 Å². The molecule has 0 spiro atoms. The second-order valence-corrected chi connectivity index (χ2v) is 5.90. The smallest absolute Gasteiger partial charge is 0.0627 e. The van der Waals surface area contributed by atoms with Crippen molar-refractivity contribution in [3.8, 4) is 0 Å². The molecule has 0 amide bonds. The molecule has 1 nitrogen and oxygen atoms in total. The van der Waals surface area contributed by atoms with Crippen molar-refractivity contribution in [1.82, 2.24) is 0 Å². The van der Waals surface area contributed by atoms with Crippen LogP contribution in [0.2, 0.25) is 0 Å². The average Bonchev–Trinajstić information content (AvgIpc) is 2.56. The minimum Gasteiger partial charge on any atom is -0.375 e. The first kappa shape index (κ1) is 10.8. The summed E-state index contributed by atoms with van der Waals surface area (Å²) in [7, 11) is 0. The highest BCUT2D eigenvalue weighted by Gasteiger charge is 2.49. The molecule has 0 radical (unpaired) electrons. The van der Waals surface area contributed by atoms with Gasteiger partial charge in [-0.3, -0.25) is 0 Å². The first-order chi connectivity index (χ1) is 6.59. The maximum Gasteiger partial charge on any atom is 0.0627 e. The molecule has 2 fully saturated rings. The van der Waals surface area contributed by atoms with Crippen LogP contribution in [0.3, 0.4) is 0 Å². The van der Waals surface area contributed by atoms with Gasteiger partial charge in [0, 0.05) is 11.3 Å². The van der Waals surface area contributed by atoms with Crippen LogP contribution < -0.4 is 0 Å². The predicted molar refractivity (Wildman–Crippen MR) is 59.6 cm³/mol. The molecule has 0 aromatic heterocycles. The summed E-state index contributed by atoms with van der Waals surface area (Å²) in [5.41, 5.74) is 0. The fourth-order valence-corrected chi connectivity index (χ4v) is 3.68. The van der Waals surface area contributed by atoms with Gasteiger partial charge in [-0.25, -0.2) is 0 Å². The maximum atomic E-state index is 6.38. The van der Waals surface area contributed by atoms with Crippen LogP contribution in [-0.4, -0.2) is 17.6 Å². The van der Waals surface area contributed by atoms with Gasteiger partial charge in [-0.2, -0.15) is 0 Å². The van der Waals surface area contributed by atoms with Crippen molar-refractivity contribution in [3.05, 3.63) is 0 Å². The second-order valence-electron chi connectivity index (χ2n) is 5.34. The summed E-state index contributed by atoms with van der Waals surface area (Å²) in [5, 5.41) is 0.369. The first-order valence-electron chi connectivity index (χ1n) is 5.89. The third kappa shape index (κ3) is 1.81. The highest BCUT2D eigenvalue weighted by molar-refractivity contribution is 6.21. The molecule has 0 aromatic rings. The van der Waals surface area contributed by atoms with Crippen LogP contribution in [0.4, 0.5) is 0 Å². The van der Waals surface area contributed by atoms with E-state index in [0.717, 1.165) is 11.8 Å². The van der Waals surface area contributed by atoms with E-state index in [4.69, 9.17) is 16.3 Å². The molecule has 0 N–H and O–H groups in total. The van der Waals surface area contributed by atoms with Crippen LogP contribution in [0.1, 0.15) is 40.0 Å². The Morgan fingerprint density at radius 1 is 1.36 bits per heavy atom. The van der Waals surface area contributed by atoms with Crippen LogP contribution >= 0.6 is 11.6 Å². The fourth-order valence-electron chi connectivity index (χ4n) is 3.21. The molecular formula is C12H21ClO. The molecule has 2 rings (SSSR count). The van der Waals surface area contributed by atoms with E-state index in [0.29, 0.717) is 23.5 Å². The van der Waals surface area contributed by atoms with Crippen LogP contribution in [0.25, 0.3) is 0 Å². The quantitative estimate of drug-likeness (QED) is 0.643. The number of halogens is 1. The van der Waals surface area contributed by atoms with Gasteiger partial charge < -0.3 is 4.74 Å². The molecule has 1 aliphatic heterocycles. The van der Waals surface area contributed by atoms with Crippen LogP contribution in [0.15, 0.2) is 0 Å². The Morgan fingerprint density at radius 2 is 2.07 bits per heavy atom. The van der Waals surface area contributed by atoms with Crippen molar-refractivity contribution >= 4 is 11.6 Å². The largest absolute Gasteiger partial charge is 0.375 e. The standard InChI is InChI=1S/C12H21ClO/c1-7(2)6-11-12-9(8(3)14-11)4-5-10(12)13/h7-12H,4-6H2,1-3H3. The van der Waals surface area contributed by atoms with Gasteiger partial charge in [0.2, 0.25) is 0 Å². The van der Waals surface area contributed by atoms with Crippen LogP contribution in [0, 0.1) is 17.8 Å². The molecule has 1 saturated heterocycles. The Morgan fingerprint density at radius 3 is 2.71 bits per heavy atom. The predicted octanol–water partition coefficient (Wildman–Crippen LogP) is 3.45. The number of hydrogen-bond acceptors (Lipinski definition) is 1. The molecule has 1 saturated carbocycles. The van der Waals surface area contributed by atoms with Gasteiger partial charge in [-0.15, -0.1) is 11.6 Å². The number of ether oxygens (including phenoxy) is 1. The average molecular weight is 217 g/mol. The lowest BCUT2D eigenvalue weighted by atomic mass is 9.87. The van der Waals surface area contributed by atoms with E-state index in [-0.39, 0.29) is 0 Å². The van der Waals surface area contributed by atoms with E-state index in [9.17, 15) is 0 Å². The molecule has 82 valence electrons. The molecule has 0 aromatic carbocycles. The third-order valence-electron chi connectivity index (χ3n) is 3.81. The van der Waals surface area contributed by atoms with E-state index in [1.165, 1.54) is 19.3 Å². The number of alkyl halides is 1. The molecule has 0 bridgehead atoms. The highest BCUT2D eigenvalue weighted by atomic mass is 35.5. The number of rotatable bonds is 2. The Bertz CT molecular complexity index is 202. The summed E-state index contributed by atoms with van der Waals surface area (Å²) in [6.45, 7) is 6.74. The zero-order chi connectivity index (χ0) is 10.3. The zero-order valence-corrected chi connectivity index (χ0v) is 10.1. The van der Waals surface area contributed by atoms with Crippen molar-refractivity contribution in [2.75, 3.05) is 0 Å². The van der Waals surface area contributed by atoms with Gasteiger partial charge in [0.1, 0.15) is 0 Å². The summed E-state index contributed by atoms with van der Waals surface area (Å²) in [6, 6.07) is 0. The molecule has 1 heterocycles. The van der Waals surface area contributed by atoms with Gasteiger partial charge in [-0.1, -0.05) is 13.8 Å². The topological polar surface area (TPSA) is 9.23 Å². The van der Waals surface area contributed by atoms with Crippen LogP contribution in [-0.2, 0) is 4.74 Å². The summed E-state index contributed by atoms with van der Waals surface area (Å²) in [5.74, 6) is 2.09. The lowest BCUT2D eigenvalue weighted by Crippen LogP contribution is -2.25. The highest BCUT2D eigenvalue weighted by Crippen LogP contribution is 2.48. The van der Waals surface area contributed by atoms with E-state index in [2.05, 4.69) is 20.8 Å². The molecule has 5 unspecified atom stereocenters. The minimum atomic E-state index is 0.369. The Balaban J connectivity index is 2.05. The number of hydrogen-bond donors (Lipinski definition) is 0. The zero-order valence-electron chi connectivity index (χ0n) is 9.37. The summed E-state index contributed by atoms with van der Waals surface area (Å²) in [6.07, 6.45) is 4.51. The van der Waals surface area contributed by atoms with Crippen molar-refractivity contribution in [2.45, 2.75) is 57.6 Å². The third-order valence-corrected chi connectivity index (χ3v) is 4.32. The fraction of sp³-hybridized carbons (Fsp3) is 1.00. The molecule has 2 aliphatic rings. The molecule has 2 heteroatoms. The maximum absolute atomic E-state index is 6.38. The Hall–Kier alpha value is 0.250. The normalized spacial score (nSPS) is 47.4. The second kappa shape index (κ2) is 4.02. The summed E-state index contributed by atoms with van der Waals surface area (Å²) in [4.78, 5) is 0. The first-order valence-corrected chi connectivity index (χ1v) is 6.32. The van der Waals surface area contributed by atoms with Crippen molar-refractivity contribution in [2.24, 2.45) is 17.8 Å². The summed E-state index contributed by atoms with van der Waals surface area (Å²) < 4.78 is 6.03. The minimum absolute atomic E-state index is 0.369. The van der Waals surface area contributed by atoms with Crippen molar-refractivity contribution in [3.63, 3.8) is 0 Å². The Kier molecular flexibility index (Phi) is 3.09. The molecule has 5 atom stereocenters.